The zero-order chi connectivity index (χ0) is 13.3. The molecule has 0 saturated heterocycles. The minimum absolute atomic E-state index is 0.181. The van der Waals surface area contributed by atoms with Gasteiger partial charge in [0.25, 0.3) is 0 Å². The van der Waals surface area contributed by atoms with Crippen LogP contribution < -0.4 is 5.32 Å². The molecule has 3 nitrogen and oxygen atoms in total. The lowest BCUT2D eigenvalue weighted by Crippen LogP contribution is -2.41. The van der Waals surface area contributed by atoms with Gasteiger partial charge in [-0.3, -0.25) is 0 Å². The first-order chi connectivity index (χ1) is 8.76. The monoisotopic (exact) mass is 256 g/mol. The van der Waals surface area contributed by atoms with Crippen molar-refractivity contribution in [1.82, 2.24) is 10.2 Å². The molecule has 1 aliphatic rings. The Morgan fingerprint density at radius 2 is 1.83 bits per heavy atom. The summed E-state index contributed by atoms with van der Waals surface area (Å²) in [6.07, 6.45) is 7.56. The molecule has 0 amide bonds. The van der Waals surface area contributed by atoms with E-state index in [0.717, 1.165) is 26.2 Å². The molecule has 0 aromatic rings. The standard InChI is InChI=1S/C15H32N2O/c1-3-11-17(4-2)12-10-16-13-15(14-18)8-6-5-7-9-15/h16,18H,3-14H2,1-2H3. The molecule has 1 saturated carbocycles. The molecule has 1 aliphatic carbocycles. The van der Waals surface area contributed by atoms with E-state index in [4.69, 9.17) is 0 Å². The zero-order valence-corrected chi connectivity index (χ0v) is 12.4. The van der Waals surface area contributed by atoms with Crippen molar-refractivity contribution < 1.29 is 5.11 Å². The molecule has 2 N–H and O–H groups in total. The Morgan fingerprint density at radius 3 is 2.39 bits per heavy atom. The summed E-state index contributed by atoms with van der Waals surface area (Å²) in [6, 6.07) is 0. The molecule has 0 spiro atoms. The molecule has 0 bridgehead atoms. The Hall–Kier alpha value is -0.120. The van der Waals surface area contributed by atoms with Gasteiger partial charge in [-0.25, -0.2) is 0 Å². The largest absolute Gasteiger partial charge is 0.396 e. The second-order valence-corrected chi connectivity index (χ2v) is 5.83. The Kier molecular flexibility index (Phi) is 7.87. The number of nitrogens with zero attached hydrogens (tertiary/aromatic N) is 1. The molecule has 108 valence electrons. The number of likely N-dealkylation sites (N-methyl/N-ethyl adjacent to an activating group) is 1. The second-order valence-electron chi connectivity index (χ2n) is 5.83. The van der Waals surface area contributed by atoms with Crippen LogP contribution in [0.4, 0.5) is 0 Å². The van der Waals surface area contributed by atoms with Crippen molar-refractivity contribution in [3.8, 4) is 0 Å². The molecule has 3 heteroatoms. The van der Waals surface area contributed by atoms with Crippen LogP contribution >= 0.6 is 0 Å². The van der Waals surface area contributed by atoms with Gasteiger partial charge < -0.3 is 15.3 Å². The molecule has 0 unspecified atom stereocenters. The van der Waals surface area contributed by atoms with Gasteiger partial charge in [0, 0.05) is 31.7 Å². The van der Waals surface area contributed by atoms with Gasteiger partial charge in [0.05, 0.1) is 0 Å². The Morgan fingerprint density at radius 1 is 1.11 bits per heavy atom. The van der Waals surface area contributed by atoms with Crippen molar-refractivity contribution in [3.05, 3.63) is 0 Å². The van der Waals surface area contributed by atoms with Crippen LogP contribution in [-0.4, -0.2) is 49.3 Å². The number of hydrogen-bond donors (Lipinski definition) is 2. The molecule has 0 aromatic carbocycles. The van der Waals surface area contributed by atoms with E-state index in [1.54, 1.807) is 0 Å². The highest BCUT2D eigenvalue weighted by Gasteiger charge is 2.30. The zero-order valence-electron chi connectivity index (χ0n) is 12.4. The molecule has 0 aromatic heterocycles. The topological polar surface area (TPSA) is 35.5 Å². The maximum absolute atomic E-state index is 9.63. The van der Waals surface area contributed by atoms with Gasteiger partial charge in [-0.15, -0.1) is 0 Å². The van der Waals surface area contributed by atoms with E-state index in [1.807, 2.05) is 0 Å². The van der Waals surface area contributed by atoms with Gasteiger partial charge in [0.1, 0.15) is 0 Å². The summed E-state index contributed by atoms with van der Waals surface area (Å²) >= 11 is 0. The predicted octanol–water partition coefficient (Wildman–Crippen LogP) is 2.25. The van der Waals surface area contributed by atoms with E-state index in [1.165, 1.54) is 45.1 Å². The van der Waals surface area contributed by atoms with E-state index in [-0.39, 0.29) is 5.41 Å². The number of nitrogens with one attached hydrogen (secondary N) is 1. The highest BCUT2D eigenvalue weighted by atomic mass is 16.3. The molecule has 0 atom stereocenters. The molecule has 18 heavy (non-hydrogen) atoms. The second kappa shape index (κ2) is 8.89. The molecular formula is C15H32N2O. The van der Waals surface area contributed by atoms with E-state index in [0.29, 0.717) is 6.61 Å². The quantitative estimate of drug-likeness (QED) is 0.621. The fraction of sp³-hybridized carbons (Fsp3) is 1.00. The SMILES string of the molecule is CCCN(CC)CCNCC1(CO)CCCCC1. The summed E-state index contributed by atoms with van der Waals surface area (Å²) in [5, 5.41) is 13.2. The normalized spacial score (nSPS) is 19.3. The number of rotatable bonds is 9. The summed E-state index contributed by atoms with van der Waals surface area (Å²) in [6.45, 7) is 10.3. The first-order valence-corrected chi connectivity index (χ1v) is 7.80. The van der Waals surface area contributed by atoms with Crippen LogP contribution in [0.3, 0.4) is 0 Å². The maximum atomic E-state index is 9.63. The summed E-state index contributed by atoms with van der Waals surface area (Å²) < 4.78 is 0. The highest BCUT2D eigenvalue weighted by molar-refractivity contribution is 4.84. The van der Waals surface area contributed by atoms with Crippen molar-refractivity contribution in [2.75, 3.05) is 39.3 Å². The van der Waals surface area contributed by atoms with Crippen LogP contribution in [-0.2, 0) is 0 Å². The first-order valence-electron chi connectivity index (χ1n) is 7.80. The number of aliphatic hydroxyl groups is 1. The van der Waals surface area contributed by atoms with E-state index in [2.05, 4.69) is 24.1 Å². The average Bonchev–Trinajstić information content (AvgIpc) is 2.43. The lowest BCUT2D eigenvalue weighted by molar-refractivity contribution is 0.0807. The fourth-order valence-corrected chi connectivity index (χ4v) is 3.03. The van der Waals surface area contributed by atoms with Crippen LogP contribution in [0, 0.1) is 5.41 Å². The Bertz CT molecular complexity index is 203. The molecule has 1 fully saturated rings. The van der Waals surface area contributed by atoms with Crippen molar-refractivity contribution in [2.45, 2.75) is 52.4 Å². The average molecular weight is 256 g/mol. The fourth-order valence-electron chi connectivity index (χ4n) is 3.03. The van der Waals surface area contributed by atoms with Crippen molar-refractivity contribution in [1.29, 1.82) is 0 Å². The first kappa shape index (κ1) is 15.9. The van der Waals surface area contributed by atoms with E-state index in [9.17, 15) is 5.11 Å². The van der Waals surface area contributed by atoms with Gasteiger partial charge in [0.15, 0.2) is 0 Å². The molecule has 1 rings (SSSR count). The number of hydrogen-bond acceptors (Lipinski definition) is 3. The van der Waals surface area contributed by atoms with Crippen molar-refractivity contribution >= 4 is 0 Å². The van der Waals surface area contributed by atoms with Crippen molar-refractivity contribution in [2.24, 2.45) is 5.41 Å². The minimum Gasteiger partial charge on any atom is -0.396 e. The van der Waals surface area contributed by atoms with Gasteiger partial charge >= 0.3 is 0 Å². The van der Waals surface area contributed by atoms with Gasteiger partial charge in [-0.1, -0.05) is 33.1 Å². The smallest absolute Gasteiger partial charge is 0.0499 e. The third kappa shape index (κ3) is 5.25. The summed E-state index contributed by atoms with van der Waals surface area (Å²) in [7, 11) is 0. The lowest BCUT2D eigenvalue weighted by Gasteiger charge is -2.36. The minimum atomic E-state index is 0.181. The molecular weight excluding hydrogens is 224 g/mol. The van der Waals surface area contributed by atoms with Crippen LogP contribution in [0.5, 0.6) is 0 Å². The van der Waals surface area contributed by atoms with Gasteiger partial charge in [-0.2, -0.15) is 0 Å². The predicted molar refractivity (Wildman–Crippen MR) is 77.9 cm³/mol. The van der Waals surface area contributed by atoms with Crippen molar-refractivity contribution in [3.63, 3.8) is 0 Å². The lowest BCUT2D eigenvalue weighted by atomic mass is 9.74. The Labute approximate surface area is 113 Å². The molecule has 0 radical (unpaired) electrons. The van der Waals surface area contributed by atoms with E-state index < -0.39 is 0 Å². The Balaban J connectivity index is 2.18. The third-order valence-corrected chi connectivity index (χ3v) is 4.34. The van der Waals surface area contributed by atoms with Crippen LogP contribution in [0.1, 0.15) is 52.4 Å². The summed E-state index contributed by atoms with van der Waals surface area (Å²) in [5.41, 5.74) is 0.181. The molecule has 0 heterocycles. The third-order valence-electron chi connectivity index (χ3n) is 4.34. The summed E-state index contributed by atoms with van der Waals surface area (Å²) in [4.78, 5) is 2.49. The maximum Gasteiger partial charge on any atom is 0.0499 e. The van der Waals surface area contributed by atoms with Gasteiger partial charge in [0.2, 0.25) is 0 Å². The summed E-state index contributed by atoms with van der Waals surface area (Å²) in [5.74, 6) is 0. The van der Waals surface area contributed by atoms with E-state index >= 15 is 0 Å². The van der Waals surface area contributed by atoms with Crippen LogP contribution in [0.15, 0.2) is 0 Å². The molecule has 0 aliphatic heterocycles. The highest BCUT2D eigenvalue weighted by Crippen LogP contribution is 2.35. The van der Waals surface area contributed by atoms with Crippen LogP contribution in [0.2, 0.25) is 0 Å². The van der Waals surface area contributed by atoms with Crippen LogP contribution in [0.25, 0.3) is 0 Å². The van der Waals surface area contributed by atoms with Gasteiger partial charge in [-0.05, 0) is 32.4 Å². The number of aliphatic hydroxyl groups excluding tert-OH is 1.